The van der Waals surface area contributed by atoms with Gasteiger partial charge in [0.05, 0.1) is 24.5 Å². The lowest BCUT2D eigenvalue weighted by Crippen LogP contribution is -2.01. The molecule has 0 aliphatic carbocycles. The van der Waals surface area contributed by atoms with E-state index in [1.807, 2.05) is 24.3 Å². The van der Waals surface area contributed by atoms with Crippen molar-refractivity contribution < 1.29 is 9.13 Å². The molecular formula is C19H14FN5O. The zero-order valence-electron chi connectivity index (χ0n) is 13.8. The van der Waals surface area contributed by atoms with Gasteiger partial charge in [-0.2, -0.15) is 0 Å². The number of nitrogens with zero attached hydrogens (tertiary/aromatic N) is 4. The van der Waals surface area contributed by atoms with Crippen LogP contribution in [-0.4, -0.2) is 27.0 Å². The Labute approximate surface area is 148 Å². The Morgan fingerprint density at radius 2 is 1.88 bits per heavy atom. The smallest absolute Gasteiger partial charge is 0.163 e. The van der Waals surface area contributed by atoms with Crippen molar-refractivity contribution in [3.8, 4) is 17.1 Å². The van der Waals surface area contributed by atoms with E-state index in [-0.39, 0.29) is 5.69 Å². The van der Waals surface area contributed by atoms with Crippen LogP contribution in [0.5, 0.6) is 5.75 Å². The number of aromatic nitrogens is 4. The molecule has 0 amide bonds. The van der Waals surface area contributed by atoms with Gasteiger partial charge in [-0.3, -0.25) is 9.97 Å². The predicted octanol–water partition coefficient (Wildman–Crippen LogP) is 3.98. The van der Waals surface area contributed by atoms with Gasteiger partial charge in [0.1, 0.15) is 17.4 Å². The third kappa shape index (κ3) is 3.02. The van der Waals surface area contributed by atoms with Crippen molar-refractivity contribution >= 4 is 22.4 Å². The van der Waals surface area contributed by atoms with Crippen molar-refractivity contribution in [3.05, 3.63) is 67.0 Å². The minimum atomic E-state index is -0.419. The number of benzene rings is 1. The summed E-state index contributed by atoms with van der Waals surface area (Å²) in [6.07, 6.45) is 6.16. The molecule has 3 heterocycles. The first-order valence-corrected chi connectivity index (χ1v) is 7.87. The van der Waals surface area contributed by atoms with Gasteiger partial charge in [0, 0.05) is 29.5 Å². The van der Waals surface area contributed by atoms with Crippen molar-refractivity contribution in [1.82, 2.24) is 19.9 Å². The van der Waals surface area contributed by atoms with Crippen LogP contribution < -0.4 is 10.1 Å². The molecule has 7 heteroatoms. The van der Waals surface area contributed by atoms with Crippen molar-refractivity contribution in [2.75, 3.05) is 12.4 Å². The Balaban J connectivity index is 1.91. The lowest BCUT2D eigenvalue weighted by molar-refractivity contribution is 0.415. The summed E-state index contributed by atoms with van der Waals surface area (Å²) in [6.45, 7) is 0. The number of hydrogen-bond donors (Lipinski definition) is 1. The normalized spacial score (nSPS) is 10.7. The summed E-state index contributed by atoms with van der Waals surface area (Å²) in [4.78, 5) is 17.2. The van der Waals surface area contributed by atoms with E-state index in [0.717, 1.165) is 5.56 Å². The van der Waals surface area contributed by atoms with Crippen molar-refractivity contribution in [2.45, 2.75) is 0 Å². The van der Waals surface area contributed by atoms with Crippen LogP contribution in [0.25, 0.3) is 22.3 Å². The van der Waals surface area contributed by atoms with E-state index in [0.29, 0.717) is 28.3 Å². The molecule has 1 aromatic carbocycles. The first-order chi connectivity index (χ1) is 12.7. The van der Waals surface area contributed by atoms with E-state index < -0.39 is 5.82 Å². The van der Waals surface area contributed by atoms with Gasteiger partial charge in [0.2, 0.25) is 0 Å². The van der Waals surface area contributed by atoms with Gasteiger partial charge in [-0.25, -0.2) is 14.4 Å². The molecule has 1 N–H and O–H groups in total. The van der Waals surface area contributed by atoms with Gasteiger partial charge in [-0.15, -0.1) is 0 Å². The Kier molecular flexibility index (Phi) is 4.10. The molecule has 0 atom stereocenters. The summed E-state index contributed by atoms with van der Waals surface area (Å²) in [5.41, 5.74) is 1.69. The van der Waals surface area contributed by atoms with E-state index in [2.05, 4.69) is 25.3 Å². The number of halogens is 1. The summed E-state index contributed by atoms with van der Waals surface area (Å²) in [6, 6.07) is 10.4. The fourth-order valence-electron chi connectivity index (χ4n) is 2.55. The SMILES string of the molecule is COc1ccc2nc(-c3cccnc3)nc(Nc3cnccc3F)c2c1. The number of methoxy groups -OCH3 is 1. The van der Waals surface area contributed by atoms with Crippen LogP contribution in [0.1, 0.15) is 0 Å². The number of nitrogens with one attached hydrogen (secondary N) is 1. The molecule has 4 aromatic rings. The molecule has 4 rings (SSSR count). The number of anilines is 2. The highest BCUT2D eigenvalue weighted by molar-refractivity contribution is 5.93. The van der Waals surface area contributed by atoms with E-state index in [4.69, 9.17) is 4.74 Å². The quantitative estimate of drug-likeness (QED) is 0.602. The molecule has 0 saturated carbocycles. The second-order valence-corrected chi connectivity index (χ2v) is 5.50. The zero-order chi connectivity index (χ0) is 17.9. The van der Waals surface area contributed by atoms with E-state index in [1.165, 1.54) is 18.5 Å². The monoisotopic (exact) mass is 347 g/mol. The summed E-state index contributed by atoms with van der Waals surface area (Å²) >= 11 is 0. The predicted molar refractivity (Wildman–Crippen MR) is 96.8 cm³/mol. The fourth-order valence-corrected chi connectivity index (χ4v) is 2.55. The maximum Gasteiger partial charge on any atom is 0.163 e. The molecular weight excluding hydrogens is 333 g/mol. The fraction of sp³-hybridized carbons (Fsp3) is 0.0526. The molecule has 6 nitrogen and oxygen atoms in total. The van der Waals surface area contributed by atoms with Gasteiger partial charge in [0.25, 0.3) is 0 Å². The Morgan fingerprint density at radius 1 is 1.00 bits per heavy atom. The zero-order valence-corrected chi connectivity index (χ0v) is 13.8. The highest BCUT2D eigenvalue weighted by Crippen LogP contribution is 2.30. The van der Waals surface area contributed by atoms with Gasteiger partial charge >= 0.3 is 0 Å². The van der Waals surface area contributed by atoms with Crippen LogP contribution >= 0.6 is 0 Å². The average molecular weight is 347 g/mol. The van der Waals surface area contributed by atoms with Crippen LogP contribution in [-0.2, 0) is 0 Å². The summed E-state index contributed by atoms with van der Waals surface area (Å²) in [5, 5.41) is 3.72. The minimum Gasteiger partial charge on any atom is -0.497 e. The van der Waals surface area contributed by atoms with E-state index in [1.54, 1.807) is 25.6 Å². The summed E-state index contributed by atoms with van der Waals surface area (Å²) in [5.74, 6) is 1.18. The van der Waals surface area contributed by atoms with Crippen LogP contribution in [0.3, 0.4) is 0 Å². The third-order valence-electron chi connectivity index (χ3n) is 3.84. The Hall–Kier alpha value is -3.61. The minimum absolute atomic E-state index is 0.229. The topological polar surface area (TPSA) is 72.8 Å². The molecule has 26 heavy (non-hydrogen) atoms. The Morgan fingerprint density at radius 3 is 2.65 bits per heavy atom. The molecule has 3 aromatic heterocycles. The molecule has 128 valence electrons. The van der Waals surface area contributed by atoms with Crippen LogP contribution in [0.4, 0.5) is 15.9 Å². The number of ether oxygens (including phenoxy) is 1. The van der Waals surface area contributed by atoms with E-state index >= 15 is 0 Å². The lowest BCUT2D eigenvalue weighted by Gasteiger charge is -2.12. The highest BCUT2D eigenvalue weighted by atomic mass is 19.1. The molecule has 0 saturated heterocycles. The number of hydrogen-bond acceptors (Lipinski definition) is 6. The summed E-state index contributed by atoms with van der Waals surface area (Å²) < 4.78 is 19.4. The van der Waals surface area contributed by atoms with Crippen molar-refractivity contribution in [1.29, 1.82) is 0 Å². The molecule has 0 radical (unpaired) electrons. The van der Waals surface area contributed by atoms with Gasteiger partial charge in [0.15, 0.2) is 5.82 Å². The van der Waals surface area contributed by atoms with Crippen molar-refractivity contribution in [3.63, 3.8) is 0 Å². The number of fused-ring (bicyclic) bond motifs is 1. The van der Waals surface area contributed by atoms with Gasteiger partial charge in [-0.05, 0) is 36.4 Å². The lowest BCUT2D eigenvalue weighted by atomic mass is 10.2. The number of rotatable bonds is 4. The average Bonchev–Trinajstić information content (AvgIpc) is 2.70. The molecule has 0 aliphatic heterocycles. The molecule has 0 fully saturated rings. The van der Waals surface area contributed by atoms with Crippen LogP contribution in [0.2, 0.25) is 0 Å². The maximum atomic E-state index is 14.1. The second-order valence-electron chi connectivity index (χ2n) is 5.50. The Bertz CT molecular complexity index is 1070. The largest absolute Gasteiger partial charge is 0.497 e. The van der Waals surface area contributed by atoms with Crippen molar-refractivity contribution in [2.24, 2.45) is 0 Å². The summed E-state index contributed by atoms with van der Waals surface area (Å²) in [7, 11) is 1.58. The van der Waals surface area contributed by atoms with E-state index in [9.17, 15) is 4.39 Å². The molecule has 0 unspecified atom stereocenters. The highest BCUT2D eigenvalue weighted by Gasteiger charge is 2.12. The van der Waals surface area contributed by atoms with Gasteiger partial charge < -0.3 is 10.1 Å². The van der Waals surface area contributed by atoms with Crippen LogP contribution in [0.15, 0.2) is 61.2 Å². The maximum absolute atomic E-state index is 14.1. The third-order valence-corrected chi connectivity index (χ3v) is 3.84. The van der Waals surface area contributed by atoms with Gasteiger partial charge in [-0.1, -0.05) is 0 Å². The first kappa shape index (κ1) is 15.9. The first-order valence-electron chi connectivity index (χ1n) is 7.87. The molecule has 0 aliphatic rings. The van der Waals surface area contributed by atoms with Crippen LogP contribution in [0, 0.1) is 5.82 Å². The molecule has 0 spiro atoms. The standard InChI is InChI=1S/C19H14FN5O/c1-26-13-4-5-16-14(9-13)19(24-17-11-22-8-6-15(17)20)25-18(23-16)12-3-2-7-21-10-12/h2-11H,1H3,(H,23,24,25). The molecule has 0 bridgehead atoms. The number of pyridine rings is 2. The second kappa shape index (κ2) is 6.72.